The van der Waals surface area contributed by atoms with Gasteiger partial charge in [0.1, 0.15) is 0 Å². The summed E-state index contributed by atoms with van der Waals surface area (Å²) in [6.45, 7) is 5.44. The molecule has 0 amide bonds. The highest BCUT2D eigenvalue weighted by atomic mass is 15.2. The second-order valence-corrected chi connectivity index (χ2v) is 4.06. The Bertz CT molecular complexity index is 329. The average Bonchev–Trinajstić information content (AvgIpc) is 2.93. The molecule has 0 atom stereocenters. The fourth-order valence-corrected chi connectivity index (χ4v) is 2.01. The molecule has 76 valence electrons. The van der Waals surface area contributed by atoms with Crippen molar-refractivity contribution < 1.29 is 0 Å². The minimum atomic E-state index is 0.780. The highest BCUT2D eigenvalue weighted by Gasteiger charge is 2.28. The lowest BCUT2D eigenvalue weighted by Crippen LogP contribution is -2.25. The van der Waals surface area contributed by atoms with Gasteiger partial charge >= 0.3 is 0 Å². The number of nitrogens with two attached hydrogens (primary N) is 1. The van der Waals surface area contributed by atoms with Crippen molar-refractivity contribution in [2.75, 3.05) is 17.2 Å². The summed E-state index contributed by atoms with van der Waals surface area (Å²) in [6.07, 6.45) is 2.69. The Morgan fingerprint density at radius 2 is 2.14 bits per heavy atom. The molecule has 1 aliphatic carbocycles. The van der Waals surface area contributed by atoms with E-state index in [0.717, 1.165) is 18.3 Å². The first-order chi connectivity index (χ1) is 6.72. The number of aryl methyl sites for hydroxylation is 1. The van der Waals surface area contributed by atoms with Gasteiger partial charge < -0.3 is 10.6 Å². The third-order valence-corrected chi connectivity index (χ3v) is 2.86. The summed E-state index contributed by atoms with van der Waals surface area (Å²) in [4.78, 5) is 2.48. The van der Waals surface area contributed by atoms with Gasteiger partial charge in [0.25, 0.3) is 0 Å². The van der Waals surface area contributed by atoms with Gasteiger partial charge in [0.05, 0.1) is 0 Å². The third-order valence-electron chi connectivity index (χ3n) is 2.86. The van der Waals surface area contributed by atoms with Crippen LogP contribution in [-0.2, 0) is 0 Å². The zero-order valence-corrected chi connectivity index (χ0v) is 8.96. The summed E-state index contributed by atoms with van der Waals surface area (Å²) in [5, 5.41) is 0. The number of anilines is 2. The maximum Gasteiger partial charge on any atom is 0.0399 e. The van der Waals surface area contributed by atoms with Crippen LogP contribution in [0.3, 0.4) is 0 Å². The lowest BCUT2D eigenvalue weighted by molar-refractivity contribution is 0.822. The van der Waals surface area contributed by atoms with Crippen LogP contribution in [0.5, 0.6) is 0 Å². The van der Waals surface area contributed by atoms with E-state index in [4.69, 9.17) is 5.73 Å². The van der Waals surface area contributed by atoms with E-state index in [2.05, 4.69) is 30.9 Å². The number of benzene rings is 1. The van der Waals surface area contributed by atoms with Crippen LogP contribution in [0.25, 0.3) is 0 Å². The highest BCUT2D eigenvalue weighted by molar-refractivity contribution is 5.60. The first-order valence-corrected chi connectivity index (χ1v) is 5.35. The molecular weight excluding hydrogens is 172 g/mol. The lowest BCUT2D eigenvalue weighted by Gasteiger charge is -2.24. The summed E-state index contributed by atoms with van der Waals surface area (Å²) >= 11 is 0. The van der Waals surface area contributed by atoms with Crippen LogP contribution in [0.4, 0.5) is 11.4 Å². The van der Waals surface area contributed by atoms with Gasteiger partial charge in [0, 0.05) is 24.0 Å². The minimum absolute atomic E-state index is 0.780. The molecule has 0 bridgehead atoms. The zero-order valence-electron chi connectivity index (χ0n) is 8.96. The maximum absolute atomic E-state index is 5.74. The number of nitrogens with zero attached hydrogens (tertiary/aromatic N) is 1. The monoisotopic (exact) mass is 190 g/mol. The van der Waals surface area contributed by atoms with Crippen molar-refractivity contribution in [1.82, 2.24) is 0 Å². The van der Waals surface area contributed by atoms with E-state index < -0.39 is 0 Å². The standard InChI is InChI=1S/C12H18N2/c1-3-14(11-5-6-11)12-7-4-10(13)8-9(12)2/h4,7-8,11H,3,5-6,13H2,1-2H3. The quantitative estimate of drug-likeness (QED) is 0.742. The number of nitrogen functional groups attached to an aromatic ring is 1. The molecule has 2 N–H and O–H groups in total. The molecule has 0 aliphatic heterocycles. The summed E-state index contributed by atoms with van der Waals surface area (Å²) < 4.78 is 0. The molecule has 1 aromatic carbocycles. The van der Waals surface area contributed by atoms with E-state index in [1.54, 1.807) is 0 Å². The molecular formula is C12H18N2. The van der Waals surface area contributed by atoms with Crippen molar-refractivity contribution in [3.8, 4) is 0 Å². The van der Waals surface area contributed by atoms with Gasteiger partial charge in [0.2, 0.25) is 0 Å². The van der Waals surface area contributed by atoms with E-state index in [1.807, 2.05) is 6.07 Å². The second-order valence-electron chi connectivity index (χ2n) is 4.06. The summed E-state index contributed by atoms with van der Waals surface area (Å²) in [6, 6.07) is 6.97. The van der Waals surface area contributed by atoms with Crippen molar-refractivity contribution in [2.24, 2.45) is 0 Å². The molecule has 1 saturated carbocycles. The number of hydrogen-bond donors (Lipinski definition) is 1. The molecule has 0 aromatic heterocycles. The van der Waals surface area contributed by atoms with Crippen molar-refractivity contribution in [3.63, 3.8) is 0 Å². The van der Waals surface area contributed by atoms with Gasteiger partial charge in [-0.15, -0.1) is 0 Å². The predicted octanol–water partition coefficient (Wildman–Crippen LogP) is 2.57. The molecule has 2 rings (SSSR count). The van der Waals surface area contributed by atoms with E-state index in [1.165, 1.54) is 24.1 Å². The van der Waals surface area contributed by atoms with E-state index in [0.29, 0.717) is 0 Å². The van der Waals surface area contributed by atoms with Gasteiger partial charge in [-0.25, -0.2) is 0 Å². The first kappa shape index (κ1) is 9.38. The van der Waals surface area contributed by atoms with Crippen LogP contribution >= 0.6 is 0 Å². The van der Waals surface area contributed by atoms with Crippen LogP contribution in [-0.4, -0.2) is 12.6 Å². The van der Waals surface area contributed by atoms with E-state index in [-0.39, 0.29) is 0 Å². The van der Waals surface area contributed by atoms with Crippen LogP contribution in [0.2, 0.25) is 0 Å². The smallest absolute Gasteiger partial charge is 0.0399 e. The summed E-state index contributed by atoms with van der Waals surface area (Å²) in [5.41, 5.74) is 9.24. The van der Waals surface area contributed by atoms with Crippen LogP contribution in [0.15, 0.2) is 18.2 Å². The van der Waals surface area contributed by atoms with Gasteiger partial charge in [0.15, 0.2) is 0 Å². The second kappa shape index (κ2) is 3.52. The van der Waals surface area contributed by atoms with Gasteiger partial charge in [-0.3, -0.25) is 0 Å². The van der Waals surface area contributed by atoms with E-state index in [9.17, 15) is 0 Å². The van der Waals surface area contributed by atoms with Crippen LogP contribution in [0, 0.1) is 6.92 Å². The Morgan fingerprint density at radius 1 is 1.43 bits per heavy atom. The fraction of sp³-hybridized carbons (Fsp3) is 0.500. The van der Waals surface area contributed by atoms with Crippen molar-refractivity contribution in [1.29, 1.82) is 0 Å². The molecule has 1 aliphatic rings. The predicted molar refractivity (Wildman–Crippen MR) is 61.6 cm³/mol. The molecule has 0 unspecified atom stereocenters. The van der Waals surface area contributed by atoms with Crippen molar-refractivity contribution in [2.45, 2.75) is 32.7 Å². The largest absolute Gasteiger partial charge is 0.399 e. The summed E-state index contributed by atoms with van der Waals surface area (Å²) in [7, 11) is 0. The molecule has 2 heteroatoms. The van der Waals surface area contributed by atoms with Gasteiger partial charge in [-0.05, 0) is 50.5 Å². The Morgan fingerprint density at radius 3 is 2.64 bits per heavy atom. The molecule has 2 nitrogen and oxygen atoms in total. The molecule has 14 heavy (non-hydrogen) atoms. The normalized spacial score (nSPS) is 15.6. The lowest BCUT2D eigenvalue weighted by atomic mass is 10.1. The summed E-state index contributed by atoms with van der Waals surface area (Å²) in [5.74, 6) is 0. The third kappa shape index (κ3) is 1.69. The minimum Gasteiger partial charge on any atom is -0.399 e. The van der Waals surface area contributed by atoms with Crippen LogP contribution < -0.4 is 10.6 Å². The molecule has 0 spiro atoms. The van der Waals surface area contributed by atoms with Gasteiger partial charge in [-0.1, -0.05) is 0 Å². The highest BCUT2D eigenvalue weighted by Crippen LogP contribution is 2.33. The van der Waals surface area contributed by atoms with Crippen LogP contribution in [0.1, 0.15) is 25.3 Å². The SMILES string of the molecule is CCN(c1ccc(N)cc1C)C1CC1. The molecule has 1 aromatic rings. The zero-order chi connectivity index (χ0) is 10.1. The number of hydrogen-bond acceptors (Lipinski definition) is 2. The van der Waals surface area contributed by atoms with Gasteiger partial charge in [-0.2, -0.15) is 0 Å². The Labute approximate surface area is 85.7 Å². The first-order valence-electron chi connectivity index (χ1n) is 5.35. The average molecular weight is 190 g/mol. The molecule has 1 fully saturated rings. The Kier molecular flexibility index (Phi) is 2.36. The molecule has 0 heterocycles. The molecule has 0 radical (unpaired) electrons. The fourth-order valence-electron chi connectivity index (χ4n) is 2.01. The Balaban J connectivity index is 2.29. The Hall–Kier alpha value is -1.18. The maximum atomic E-state index is 5.74. The number of rotatable bonds is 3. The van der Waals surface area contributed by atoms with Crippen molar-refractivity contribution >= 4 is 11.4 Å². The van der Waals surface area contributed by atoms with Crippen molar-refractivity contribution in [3.05, 3.63) is 23.8 Å². The molecule has 0 saturated heterocycles. The van der Waals surface area contributed by atoms with E-state index >= 15 is 0 Å². The topological polar surface area (TPSA) is 29.3 Å².